The first-order valence-electron chi connectivity index (χ1n) is 8.74. The van der Waals surface area contributed by atoms with Gasteiger partial charge in [-0.3, -0.25) is 14.9 Å². The molecule has 0 aliphatic rings. The van der Waals surface area contributed by atoms with Gasteiger partial charge in [0.15, 0.2) is 6.10 Å². The molecule has 2 rings (SSSR count). The maximum absolute atomic E-state index is 12.3. The van der Waals surface area contributed by atoms with Crippen molar-refractivity contribution in [2.24, 2.45) is 0 Å². The van der Waals surface area contributed by atoms with Crippen LogP contribution < -0.4 is 15.4 Å². The second-order valence-electron chi connectivity index (χ2n) is 6.19. The number of carbonyl (C=O) groups is 3. The number of para-hydroxylation sites is 1. The number of nitrogens with one attached hydrogen (secondary N) is 3. The summed E-state index contributed by atoms with van der Waals surface area (Å²) in [5, 5.41) is 4.84. The molecule has 3 N–H and O–H groups in total. The van der Waals surface area contributed by atoms with Crippen LogP contribution in [-0.2, 0) is 24.3 Å². The Morgan fingerprint density at radius 3 is 2.17 bits per heavy atom. The van der Waals surface area contributed by atoms with E-state index in [1.807, 2.05) is 5.32 Å². The summed E-state index contributed by atoms with van der Waals surface area (Å²) in [5.41, 5.74) is 0.470. The van der Waals surface area contributed by atoms with E-state index >= 15 is 0 Å². The van der Waals surface area contributed by atoms with Crippen molar-refractivity contribution >= 4 is 45.2 Å². The quantitative estimate of drug-likeness (QED) is 0.551. The second kappa shape index (κ2) is 10.2. The Labute approximate surface area is 178 Å². The number of esters is 1. The summed E-state index contributed by atoms with van der Waals surface area (Å²) in [6.45, 7) is 2.52. The van der Waals surface area contributed by atoms with Crippen molar-refractivity contribution in [3.8, 4) is 0 Å². The molecule has 0 heterocycles. The zero-order chi connectivity index (χ0) is 22.3. The molecule has 0 aromatic heterocycles. The molecule has 0 fully saturated rings. The fourth-order valence-electron chi connectivity index (χ4n) is 2.19. The molecule has 0 aliphatic heterocycles. The number of urea groups is 1. The van der Waals surface area contributed by atoms with Gasteiger partial charge in [-0.2, -0.15) is 4.72 Å². The summed E-state index contributed by atoms with van der Waals surface area (Å²) in [7, 11) is -4.01. The highest BCUT2D eigenvalue weighted by molar-refractivity contribution is 7.89. The summed E-state index contributed by atoms with van der Waals surface area (Å²) in [5.74, 6) is -1.86. The summed E-state index contributed by atoms with van der Waals surface area (Å²) in [6.07, 6.45) is -1.33. The van der Waals surface area contributed by atoms with Gasteiger partial charge >= 0.3 is 12.0 Å². The third-order valence-electron chi connectivity index (χ3n) is 3.74. The smallest absolute Gasteiger partial charge is 0.325 e. The van der Waals surface area contributed by atoms with Crippen LogP contribution in [0.1, 0.15) is 13.8 Å². The molecular formula is C19H20ClN3O6S. The molecule has 2 atom stereocenters. The lowest BCUT2D eigenvalue weighted by molar-refractivity contribution is -0.155. The van der Waals surface area contributed by atoms with Crippen LogP contribution >= 0.6 is 11.6 Å². The van der Waals surface area contributed by atoms with E-state index in [0.29, 0.717) is 10.7 Å². The number of halogens is 1. The minimum Gasteiger partial charge on any atom is -0.451 e. The van der Waals surface area contributed by atoms with E-state index < -0.39 is 40.1 Å². The van der Waals surface area contributed by atoms with Crippen LogP contribution in [-0.4, -0.2) is 38.5 Å². The zero-order valence-electron chi connectivity index (χ0n) is 16.1. The largest absolute Gasteiger partial charge is 0.451 e. The Bertz CT molecular complexity index is 1010. The van der Waals surface area contributed by atoms with Gasteiger partial charge in [0.05, 0.1) is 4.90 Å². The van der Waals surface area contributed by atoms with Crippen molar-refractivity contribution < 1.29 is 27.5 Å². The summed E-state index contributed by atoms with van der Waals surface area (Å²) < 4.78 is 31.7. The molecule has 0 radical (unpaired) electrons. The van der Waals surface area contributed by atoms with E-state index in [4.69, 9.17) is 16.3 Å². The van der Waals surface area contributed by atoms with Crippen LogP contribution in [0.4, 0.5) is 10.5 Å². The Morgan fingerprint density at radius 2 is 1.57 bits per heavy atom. The number of hydrogen-bond donors (Lipinski definition) is 3. The van der Waals surface area contributed by atoms with Crippen LogP contribution in [0.5, 0.6) is 0 Å². The summed E-state index contributed by atoms with van der Waals surface area (Å²) >= 11 is 5.73. The van der Waals surface area contributed by atoms with Crippen molar-refractivity contribution in [3.05, 3.63) is 59.6 Å². The fourth-order valence-corrected chi connectivity index (χ4v) is 3.51. The van der Waals surface area contributed by atoms with Crippen LogP contribution in [0.25, 0.3) is 0 Å². The molecule has 3 amide bonds. The van der Waals surface area contributed by atoms with Crippen LogP contribution in [0, 0.1) is 0 Å². The minimum absolute atomic E-state index is 0.0880. The van der Waals surface area contributed by atoms with E-state index in [1.54, 1.807) is 30.3 Å². The lowest BCUT2D eigenvalue weighted by Gasteiger charge is -2.17. The number of sulfonamides is 1. The molecule has 0 bridgehead atoms. The second-order valence-corrected chi connectivity index (χ2v) is 8.34. The van der Waals surface area contributed by atoms with Gasteiger partial charge in [-0.15, -0.1) is 0 Å². The van der Waals surface area contributed by atoms with Crippen molar-refractivity contribution in [1.29, 1.82) is 0 Å². The molecule has 11 heteroatoms. The van der Waals surface area contributed by atoms with E-state index in [0.717, 1.165) is 0 Å². The number of anilines is 1. The monoisotopic (exact) mass is 453 g/mol. The van der Waals surface area contributed by atoms with Gasteiger partial charge in [-0.05, 0) is 50.2 Å². The Kier molecular flexibility index (Phi) is 7.93. The number of amides is 3. The molecule has 9 nitrogen and oxygen atoms in total. The number of imide groups is 1. The topological polar surface area (TPSA) is 131 Å². The van der Waals surface area contributed by atoms with E-state index in [9.17, 15) is 22.8 Å². The van der Waals surface area contributed by atoms with E-state index in [2.05, 4.69) is 10.0 Å². The zero-order valence-corrected chi connectivity index (χ0v) is 17.7. The van der Waals surface area contributed by atoms with Crippen LogP contribution in [0.15, 0.2) is 59.5 Å². The highest BCUT2D eigenvalue weighted by Gasteiger charge is 2.27. The van der Waals surface area contributed by atoms with Gasteiger partial charge in [0, 0.05) is 10.7 Å². The number of rotatable bonds is 7. The average molecular weight is 454 g/mol. The number of hydrogen-bond acceptors (Lipinski definition) is 6. The van der Waals surface area contributed by atoms with Gasteiger partial charge in [0.1, 0.15) is 6.04 Å². The third-order valence-corrected chi connectivity index (χ3v) is 5.55. The first-order valence-corrected chi connectivity index (χ1v) is 10.6. The number of carbonyl (C=O) groups excluding carboxylic acids is 3. The normalized spacial score (nSPS) is 13.0. The van der Waals surface area contributed by atoms with E-state index in [1.165, 1.54) is 38.1 Å². The summed E-state index contributed by atoms with van der Waals surface area (Å²) in [6, 6.07) is 11.7. The molecule has 0 spiro atoms. The van der Waals surface area contributed by atoms with Crippen LogP contribution in [0.2, 0.25) is 5.02 Å². The minimum atomic E-state index is -4.01. The molecular weight excluding hydrogens is 434 g/mol. The lowest BCUT2D eigenvalue weighted by atomic mass is 10.3. The van der Waals surface area contributed by atoms with Gasteiger partial charge in [-0.1, -0.05) is 29.8 Å². The standard InChI is InChI=1S/C19H20ClN3O6S/c1-12(23-30(27,28)16-10-8-14(20)9-11-16)18(25)29-13(2)17(24)22-19(26)21-15-6-4-3-5-7-15/h3-13,23H,1-2H3,(H2,21,22,24,26)/t12-,13+/m1/s1. The van der Waals surface area contributed by atoms with Gasteiger partial charge in [0.2, 0.25) is 10.0 Å². The molecule has 30 heavy (non-hydrogen) atoms. The molecule has 160 valence electrons. The lowest BCUT2D eigenvalue weighted by Crippen LogP contribution is -2.45. The molecule has 0 saturated carbocycles. The SMILES string of the molecule is C[C@H](OC(=O)[C@@H](C)NS(=O)(=O)c1ccc(Cl)cc1)C(=O)NC(=O)Nc1ccccc1. The first kappa shape index (κ1) is 23.3. The van der Waals surface area contributed by atoms with Crippen molar-refractivity contribution in [1.82, 2.24) is 10.0 Å². The Morgan fingerprint density at radius 1 is 0.967 bits per heavy atom. The van der Waals surface area contributed by atoms with Gasteiger partial charge in [0.25, 0.3) is 5.91 Å². The van der Waals surface area contributed by atoms with Crippen molar-refractivity contribution in [2.45, 2.75) is 30.9 Å². The predicted octanol–water partition coefficient (Wildman–Crippen LogP) is 2.29. The number of ether oxygens (including phenoxy) is 1. The number of benzene rings is 2. The molecule has 0 aliphatic carbocycles. The molecule has 0 unspecified atom stereocenters. The van der Waals surface area contributed by atoms with Gasteiger partial charge < -0.3 is 10.1 Å². The third kappa shape index (κ3) is 6.83. The highest BCUT2D eigenvalue weighted by atomic mass is 35.5. The predicted molar refractivity (Wildman–Crippen MR) is 110 cm³/mol. The Balaban J connectivity index is 1.88. The molecule has 2 aromatic carbocycles. The maximum Gasteiger partial charge on any atom is 0.325 e. The first-order chi connectivity index (χ1) is 14.1. The highest BCUT2D eigenvalue weighted by Crippen LogP contribution is 2.14. The van der Waals surface area contributed by atoms with Gasteiger partial charge in [-0.25, -0.2) is 13.2 Å². The van der Waals surface area contributed by atoms with E-state index in [-0.39, 0.29) is 4.90 Å². The molecule has 2 aromatic rings. The Hall–Kier alpha value is -2.95. The molecule has 0 saturated heterocycles. The fraction of sp³-hybridized carbons (Fsp3) is 0.211. The average Bonchev–Trinajstić information content (AvgIpc) is 2.68. The maximum atomic E-state index is 12.3. The van der Waals surface area contributed by atoms with Crippen LogP contribution in [0.3, 0.4) is 0 Å². The summed E-state index contributed by atoms with van der Waals surface area (Å²) in [4.78, 5) is 35.9. The van der Waals surface area contributed by atoms with Crippen molar-refractivity contribution in [3.63, 3.8) is 0 Å². The van der Waals surface area contributed by atoms with Crippen molar-refractivity contribution in [2.75, 3.05) is 5.32 Å².